The smallest absolute Gasteiger partial charge is 0.275 e. The van der Waals surface area contributed by atoms with Gasteiger partial charge in [0, 0.05) is 13.5 Å². The molecular weight excluding hydrogens is 287 g/mol. The van der Waals surface area contributed by atoms with Gasteiger partial charge in [0.15, 0.2) is 0 Å². The first-order chi connectivity index (χ1) is 8.39. The molecule has 0 N–H and O–H groups in total. The lowest BCUT2D eigenvalue weighted by Gasteiger charge is -2.16. The van der Waals surface area contributed by atoms with Gasteiger partial charge in [-0.2, -0.15) is 4.99 Å². The number of nitrogens with zero attached hydrogens (tertiary/aromatic N) is 1. The summed E-state index contributed by atoms with van der Waals surface area (Å²) in [4.78, 5) is 13.6. The largest absolute Gasteiger partial charge is 0.378 e. The second-order valence-electron chi connectivity index (χ2n) is 3.56. The Morgan fingerprint density at radius 1 is 1.39 bits per heavy atom. The van der Waals surface area contributed by atoms with Crippen LogP contribution in [0.25, 0.3) is 0 Å². The number of benzene rings is 1. The van der Waals surface area contributed by atoms with E-state index in [0.717, 1.165) is 0 Å². The average Bonchev–Trinajstić information content (AvgIpc) is 2.25. The summed E-state index contributed by atoms with van der Waals surface area (Å²) in [6, 6.07) is 2.50. The Hall–Kier alpha value is -1.00. The molecule has 0 fully saturated rings. The number of alkyl halides is 2. The lowest BCUT2D eigenvalue weighted by molar-refractivity contribution is -0.0629. The molecule has 7 heteroatoms. The van der Waals surface area contributed by atoms with Gasteiger partial charge >= 0.3 is 0 Å². The number of halogens is 4. The first-order valence-corrected chi connectivity index (χ1v) is 5.58. The van der Waals surface area contributed by atoms with E-state index in [2.05, 4.69) is 9.73 Å². The van der Waals surface area contributed by atoms with Crippen molar-refractivity contribution in [2.75, 3.05) is 13.7 Å². The van der Waals surface area contributed by atoms with Gasteiger partial charge in [-0.1, -0.05) is 23.2 Å². The number of methoxy groups -OCH3 is 1. The number of rotatable bonds is 5. The van der Waals surface area contributed by atoms with Gasteiger partial charge in [0.2, 0.25) is 6.08 Å². The summed E-state index contributed by atoms with van der Waals surface area (Å²) in [6.07, 6.45) is 0.631. The molecule has 18 heavy (non-hydrogen) atoms. The lowest BCUT2D eigenvalue weighted by Crippen LogP contribution is -2.25. The van der Waals surface area contributed by atoms with Crippen molar-refractivity contribution in [1.29, 1.82) is 0 Å². The maximum Gasteiger partial charge on any atom is 0.275 e. The van der Waals surface area contributed by atoms with Gasteiger partial charge in [0.05, 0.1) is 15.7 Å². The minimum atomic E-state index is -3.08. The highest BCUT2D eigenvalue weighted by atomic mass is 35.5. The molecule has 0 saturated heterocycles. The van der Waals surface area contributed by atoms with E-state index < -0.39 is 19.0 Å². The van der Waals surface area contributed by atoms with Crippen molar-refractivity contribution in [1.82, 2.24) is 0 Å². The lowest BCUT2D eigenvalue weighted by atomic mass is 10.1. The highest BCUT2D eigenvalue weighted by molar-refractivity contribution is 6.42. The Bertz CT molecular complexity index is 488. The first-order valence-electron chi connectivity index (χ1n) is 4.82. The van der Waals surface area contributed by atoms with Crippen LogP contribution in [0, 0.1) is 0 Å². The normalized spacial score (nSPS) is 11.2. The Morgan fingerprint density at radius 3 is 2.56 bits per heavy atom. The minimum absolute atomic E-state index is 0.0233. The van der Waals surface area contributed by atoms with E-state index in [9.17, 15) is 13.6 Å². The maximum absolute atomic E-state index is 13.4. The van der Waals surface area contributed by atoms with E-state index in [4.69, 9.17) is 23.2 Å². The molecule has 0 amide bonds. The fourth-order valence-corrected chi connectivity index (χ4v) is 1.76. The van der Waals surface area contributed by atoms with Crippen molar-refractivity contribution in [3.05, 3.63) is 27.7 Å². The predicted octanol–water partition coefficient (Wildman–Crippen LogP) is 3.78. The van der Waals surface area contributed by atoms with Gasteiger partial charge in [-0.05, 0) is 17.7 Å². The van der Waals surface area contributed by atoms with Crippen molar-refractivity contribution < 1.29 is 18.3 Å². The third kappa shape index (κ3) is 4.03. The zero-order valence-electron chi connectivity index (χ0n) is 9.34. The van der Waals surface area contributed by atoms with E-state index in [0.29, 0.717) is 0 Å². The summed E-state index contributed by atoms with van der Waals surface area (Å²) in [7, 11) is 1.17. The Morgan fingerprint density at radius 2 is 2.00 bits per heavy atom. The summed E-state index contributed by atoms with van der Waals surface area (Å²) in [5.41, 5.74) is 0.130. The number of hydrogen-bond acceptors (Lipinski definition) is 3. The van der Waals surface area contributed by atoms with Gasteiger partial charge in [-0.3, -0.25) is 0 Å². The molecule has 1 aromatic carbocycles. The second kappa shape index (κ2) is 6.25. The fourth-order valence-electron chi connectivity index (χ4n) is 1.41. The van der Waals surface area contributed by atoms with Gasteiger partial charge < -0.3 is 4.74 Å². The monoisotopic (exact) mass is 295 g/mol. The molecule has 1 rings (SSSR count). The van der Waals surface area contributed by atoms with Gasteiger partial charge in [-0.25, -0.2) is 13.6 Å². The number of ether oxygens (including phenoxy) is 1. The van der Waals surface area contributed by atoms with Crippen molar-refractivity contribution in [3.8, 4) is 0 Å². The number of isocyanates is 1. The molecule has 0 atom stereocenters. The van der Waals surface area contributed by atoms with Crippen molar-refractivity contribution in [2.24, 2.45) is 4.99 Å². The van der Waals surface area contributed by atoms with E-state index >= 15 is 0 Å². The van der Waals surface area contributed by atoms with Crippen LogP contribution < -0.4 is 0 Å². The van der Waals surface area contributed by atoms with Gasteiger partial charge in [0.1, 0.15) is 6.61 Å². The third-order valence-electron chi connectivity index (χ3n) is 2.09. The molecule has 3 nitrogen and oxygen atoms in total. The van der Waals surface area contributed by atoms with Crippen LogP contribution >= 0.6 is 23.2 Å². The van der Waals surface area contributed by atoms with E-state index in [1.807, 2.05) is 0 Å². The Labute approximate surface area is 112 Å². The summed E-state index contributed by atoms with van der Waals surface area (Å²) in [5, 5.41) is 0.245. The molecule has 98 valence electrons. The molecular formula is C11H9Cl2F2NO2. The van der Waals surface area contributed by atoms with Crippen LogP contribution in [0.5, 0.6) is 0 Å². The van der Waals surface area contributed by atoms with Crippen molar-refractivity contribution in [2.45, 2.75) is 12.3 Å². The molecule has 0 radical (unpaired) electrons. The molecule has 0 bridgehead atoms. The highest BCUT2D eigenvalue weighted by Gasteiger charge is 2.30. The van der Waals surface area contributed by atoms with Crippen LogP contribution in [0.15, 0.2) is 17.1 Å². The molecule has 1 aromatic rings. The van der Waals surface area contributed by atoms with Crippen LogP contribution in [-0.4, -0.2) is 25.7 Å². The molecule has 0 aromatic heterocycles. The minimum Gasteiger partial charge on any atom is -0.378 e. The van der Waals surface area contributed by atoms with Crippen molar-refractivity contribution >= 4 is 35.0 Å². The third-order valence-corrected chi connectivity index (χ3v) is 2.81. The zero-order chi connectivity index (χ0) is 13.8. The molecule has 0 heterocycles. The molecule has 0 spiro atoms. The fraction of sp³-hybridized carbons (Fsp3) is 0.364. The average molecular weight is 296 g/mol. The van der Waals surface area contributed by atoms with Crippen LogP contribution in [-0.2, 0) is 16.0 Å². The molecule has 0 aliphatic rings. The Kier molecular flexibility index (Phi) is 5.23. The number of aliphatic imine (C=N–C) groups is 1. The number of carbonyl (C=O) groups excluding carboxylic acids is 1. The summed E-state index contributed by atoms with van der Waals surface area (Å²) < 4.78 is 31.3. The van der Waals surface area contributed by atoms with Crippen LogP contribution in [0.4, 0.5) is 14.5 Å². The molecule has 0 unspecified atom stereocenters. The van der Waals surface area contributed by atoms with Crippen LogP contribution in [0.2, 0.25) is 10.0 Å². The predicted molar refractivity (Wildman–Crippen MR) is 64.8 cm³/mol. The Balaban J connectivity index is 3.14. The summed E-state index contributed by atoms with van der Waals surface area (Å²) in [5.74, 6) is -3.08. The van der Waals surface area contributed by atoms with Crippen LogP contribution in [0.1, 0.15) is 5.56 Å². The van der Waals surface area contributed by atoms with E-state index in [-0.39, 0.29) is 21.3 Å². The number of hydrogen-bond donors (Lipinski definition) is 0. The standard InChI is InChI=1S/C11H9Cl2F2NO2/c1-18-5-11(14,15)4-7-2-8(12)9(13)3-10(7)16-6-17/h2-3H,4-5H2,1H3. The summed E-state index contributed by atoms with van der Waals surface area (Å²) in [6.45, 7) is -0.739. The SMILES string of the molecule is COCC(F)(F)Cc1cc(Cl)c(Cl)cc1N=C=O. The quantitative estimate of drug-likeness (QED) is 0.612. The first kappa shape index (κ1) is 15.1. The highest BCUT2D eigenvalue weighted by Crippen LogP contribution is 2.34. The van der Waals surface area contributed by atoms with E-state index in [1.165, 1.54) is 25.3 Å². The molecule has 0 aliphatic heterocycles. The van der Waals surface area contributed by atoms with Gasteiger partial charge in [0.25, 0.3) is 5.92 Å². The van der Waals surface area contributed by atoms with Crippen LogP contribution in [0.3, 0.4) is 0 Å². The second-order valence-corrected chi connectivity index (χ2v) is 4.38. The topological polar surface area (TPSA) is 38.7 Å². The zero-order valence-corrected chi connectivity index (χ0v) is 10.9. The maximum atomic E-state index is 13.4. The van der Waals surface area contributed by atoms with E-state index in [1.54, 1.807) is 0 Å². The van der Waals surface area contributed by atoms with Crippen molar-refractivity contribution in [3.63, 3.8) is 0 Å². The summed E-state index contributed by atoms with van der Waals surface area (Å²) >= 11 is 11.5. The molecule has 0 saturated carbocycles. The van der Waals surface area contributed by atoms with Gasteiger partial charge in [-0.15, -0.1) is 0 Å². The molecule has 0 aliphatic carbocycles.